The SMILES string of the molecule is Cc1cccc(C(=O)NCCOc2c(C)cccc2C)c1. The van der Waals surface area contributed by atoms with Crippen LogP contribution in [0.5, 0.6) is 5.75 Å². The Morgan fingerprint density at radius 1 is 1.05 bits per heavy atom. The first-order valence-corrected chi connectivity index (χ1v) is 7.12. The fourth-order valence-electron chi connectivity index (χ4n) is 2.23. The molecule has 3 heteroatoms. The molecule has 2 rings (SSSR count). The van der Waals surface area contributed by atoms with Gasteiger partial charge in [-0.2, -0.15) is 0 Å². The van der Waals surface area contributed by atoms with Gasteiger partial charge in [-0.25, -0.2) is 0 Å². The summed E-state index contributed by atoms with van der Waals surface area (Å²) in [5.41, 5.74) is 3.98. The molecular formula is C18H21NO2. The van der Waals surface area contributed by atoms with Crippen LogP contribution >= 0.6 is 0 Å². The molecule has 3 nitrogen and oxygen atoms in total. The van der Waals surface area contributed by atoms with Gasteiger partial charge in [0, 0.05) is 5.56 Å². The lowest BCUT2D eigenvalue weighted by molar-refractivity contribution is 0.0947. The first-order valence-electron chi connectivity index (χ1n) is 7.12. The van der Waals surface area contributed by atoms with Crippen molar-refractivity contribution >= 4 is 5.91 Å². The summed E-state index contributed by atoms with van der Waals surface area (Å²) >= 11 is 0. The van der Waals surface area contributed by atoms with E-state index >= 15 is 0 Å². The van der Waals surface area contributed by atoms with E-state index in [9.17, 15) is 4.79 Å². The Morgan fingerprint density at radius 3 is 2.38 bits per heavy atom. The van der Waals surface area contributed by atoms with Gasteiger partial charge < -0.3 is 10.1 Å². The number of carbonyl (C=O) groups excluding carboxylic acids is 1. The summed E-state index contributed by atoms with van der Waals surface area (Å²) in [7, 11) is 0. The van der Waals surface area contributed by atoms with E-state index in [1.807, 2.05) is 63.2 Å². The summed E-state index contributed by atoms with van der Waals surface area (Å²) in [6.07, 6.45) is 0. The van der Waals surface area contributed by atoms with Crippen molar-refractivity contribution in [1.29, 1.82) is 0 Å². The Labute approximate surface area is 126 Å². The van der Waals surface area contributed by atoms with Crippen LogP contribution in [0.3, 0.4) is 0 Å². The van der Waals surface area contributed by atoms with Crippen molar-refractivity contribution in [3.05, 3.63) is 64.7 Å². The quantitative estimate of drug-likeness (QED) is 0.854. The van der Waals surface area contributed by atoms with E-state index in [1.165, 1.54) is 0 Å². The Hall–Kier alpha value is -2.29. The zero-order valence-corrected chi connectivity index (χ0v) is 12.8. The van der Waals surface area contributed by atoms with Crippen LogP contribution in [0.1, 0.15) is 27.0 Å². The lowest BCUT2D eigenvalue weighted by Crippen LogP contribution is -2.28. The van der Waals surface area contributed by atoms with E-state index < -0.39 is 0 Å². The predicted molar refractivity (Wildman–Crippen MR) is 84.9 cm³/mol. The average Bonchev–Trinajstić information content (AvgIpc) is 2.45. The molecule has 1 N–H and O–H groups in total. The fraction of sp³-hybridized carbons (Fsp3) is 0.278. The zero-order valence-electron chi connectivity index (χ0n) is 12.8. The molecule has 2 aromatic rings. The fourth-order valence-corrected chi connectivity index (χ4v) is 2.23. The van der Waals surface area contributed by atoms with Gasteiger partial charge in [0.25, 0.3) is 5.91 Å². The highest BCUT2D eigenvalue weighted by Gasteiger charge is 2.06. The van der Waals surface area contributed by atoms with Crippen molar-refractivity contribution in [2.45, 2.75) is 20.8 Å². The molecule has 0 bridgehead atoms. The lowest BCUT2D eigenvalue weighted by Gasteiger charge is -2.12. The molecule has 0 saturated heterocycles. The number of ether oxygens (including phenoxy) is 1. The summed E-state index contributed by atoms with van der Waals surface area (Å²) < 4.78 is 5.76. The number of carbonyl (C=O) groups is 1. The number of para-hydroxylation sites is 1. The monoisotopic (exact) mass is 283 g/mol. The number of benzene rings is 2. The minimum atomic E-state index is -0.0659. The maximum absolute atomic E-state index is 12.0. The molecule has 0 atom stereocenters. The lowest BCUT2D eigenvalue weighted by atomic mass is 10.1. The number of hydrogen-bond acceptors (Lipinski definition) is 2. The molecular weight excluding hydrogens is 262 g/mol. The number of amides is 1. The molecule has 0 aliphatic heterocycles. The van der Waals surface area contributed by atoms with E-state index in [1.54, 1.807) is 0 Å². The van der Waals surface area contributed by atoms with Crippen molar-refractivity contribution < 1.29 is 9.53 Å². The topological polar surface area (TPSA) is 38.3 Å². The Balaban J connectivity index is 1.84. The number of rotatable bonds is 5. The minimum absolute atomic E-state index is 0.0659. The van der Waals surface area contributed by atoms with Crippen molar-refractivity contribution in [1.82, 2.24) is 5.32 Å². The molecule has 0 aromatic heterocycles. The Morgan fingerprint density at radius 2 is 1.71 bits per heavy atom. The highest BCUT2D eigenvalue weighted by atomic mass is 16.5. The highest BCUT2D eigenvalue weighted by Crippen LogP contribution is 2.21. The van der Waals surface area contributed by atoms with Crippen LogP contribution in [-0.4, -0.2) is 19.1 Å². The molecule has 0 heterocycles. The largest absolute Gasteiger partial charge is 0.491 e. The van der Waals surface area contributed by atoms with Crippen molar-refractivity contribution in [2.24, 2.45) is 0 Å². The average molecular weight is 283 g/mol. The van der Waals surface area contributed by atoms with Gasteiger partial charge in [0.2, 0.25) is 0 Å². The molecule has 0 aliphatic carbocycles. The molecule has 21 heavy (non-hydrogen) atoms. The summed E-state index contributed by atoms with van der Waals surface area (Å²) in [5.74, 6) is 0.839. The van der Waals surface area contributed by atoms with Gasteiger partial charge in [-0.3, -0.25) is 4.79 Å². The third kappa shape index (κ3) is 4.09. The number of nitrogens with one attached hydrogen (secondary N) is 1. The number of hydrogen-bond donors (Lipinski definition) is 1. The predicted octanol–water partition coefficient (Wildman–Crippen LogP) is 3.42. The normalized spacial score (nSPS) is 10.2. The second-order valence-electron chi connectivity index (χ2n) is 5.19. The van der Waals surface area contributed by atoms with Gasteiger partial charge in [-0.1, -0.05) is 35.9 Å². The zero-order chi connectivity index (χ0) is 15.2. The van der Waals surface area contributed by atoms with Crippen LogP contribution < -0.4 is 10.1 Å². The first kappa shape index (κ1) is 15.1. The summed E-state index contributed by atoms with van der Waals surface area (Å²) in [6.45, 7) is 6.96. The smallest absolute Gasteiger partial charge is 0.251 e. The van der Waals surface area contributed by atoms with Crippen molar-refractivity contribution in [3.63, 3.8) is 0 Å². The summed E-state index contributed by atoms with van der Waals surface area (Å²) in [6, 6.07) is 13.6. The molecule has 0 unspecified atom stereocenters. The maximum atomic E-state index is 12.0. The molecule has 0 spiro atoms. The van der Waals surface area contributed by atoms with E-state index in [0.29, 0.717) is 18.7 Å². The molecule has 0 aliphatic rings. The van der Waals surface area contributed by atoms with Gasteiger partial charge in [0.1, 0.15) is 12.4 Å². The highest BCUT2D eigenvalue weighted by molar-refractivity contribution is 5.94. The Kier molecular flexibility index (Phi) is 4.99. The van der Waals surface area contributed by atoms with E-state index in [-0.39, 0.29) is 5.91 Å². The second kappa shape index (κ2) is 6.93. The number of aryl methyl sites for hydroxylation is 3. The van der Waals surface area contributed by atoms with E-state index in [0.717, 1.165) is 22.4 Å². The standard InChI is InChI=1S/C18H21NO2/c1-13-6-4-9-16(12-13)18(20)19-10-11-21-17-14(2)7-5-8-15(17)3/h4-9,12H,10-11H2,1-3H3,(H,19,20). The molecule has 110 valence electrons. The molecule has 2 aromatic carbocycles. The summed E-state index contributed by atoms with van der Waals surface area (Å²) in [5, 5.41) is 2.87. The maximum Gasteiger partial charge on any atom is 0.251 e. The van der Waals surface area contributed by atoms with Crippen LogP contribution in [0.4, 0.5) is 0 Å². The van der Waals surface area contributed by atoms with Crippen molar-refractivity contribution in [2.75, 3.05) is 13.2 Å². The van der Waals surface area contributed by atoms with Crippen LogP contribution in [-0.2, 0) is 0 Å². The van der Waals surface area contributed by atoms with E-state index in [4.69, 9.17) is 4.74 Å². The minimum Gasteiger partial charge on any atom is -0.491 e. The van der Waals surface area contributed by atoms with Crippen molar-refractivity contribution in [3.8, 4) is 5.75 Å². The van der Waals surface area contributed by atoms with Crippen LogP contribution in [0.15, 0.2) is 42.5 Å². The Bertz CT molecular complexity index is 615. The third-order valence-corrected chi connectivity index (χ3v) is 3.32. The molecule has 1 amide bonds. The third-order valence-electron chi connectivity index (χ3n) is 3.32. The van der Waals surface area contributed by atoms with Crippen LogP contribution in [0.2, 0.25) is 0 Å². The van der Waals surface area contributed by atoms with Gasteiger partial charge in [-0.15, -0.1) is 0 Å². The van der Waals surface area contributed by atoms with E-state index in [2.05, 4.69) is 5.32 Å². The van der Waals surface area contributed by atoms with Crippen LogP contribution in [0, 0.1) is 20.8 Å². The van der Waals surface area contributed by atoms with Gasteiger partial charge in [-0.05, 0) is 44.0 Å². The molecule has 0 radical (unpaired) electrons. The van der Waals surface area contributed by atoms with Gasteiger partial charge in [0.05, 0.1) is 6.54 Å². The first-order chi connectivity index (χ1) is 10.1. The molecule has 0 saturated carbocycles. The summed E-state index contributed by atoms with van der Waals surface area (Å²) in [4.78, 5) is 12.0. The molecule has 0 fully saturated rings. The van der Waals surface area contributed by atoms with Gasteiger partial charge in [0.15, 0.2) is 0 Å². The van der Waals surface area contributed by atoms with Crippen LogP contribution in [0.25, 0.3) is 0 Å². The second-order valence-corrected chi connectivity index (χ2v) is 5.19. The van der Waals surface area contributed by atoms with Gasteiger partial charge >= 0.3 is 0 Å².